The average molecular weight is 257 g/mol. The highest BCUT2D eigenvalue weighted by atomic mass is 16.5. The molecule has 0 fully saturated rings. The summed E-state index contributed by atoms with van der Waals surface area (Å²) in [6.07, 6.45) is 0.897. The third-order valence-electron chi connectivity index (χ3n) is 3.02. The van der Waals surface area contributed by atoms with Crippen LogP contribution in [0, 0.1) is 6.92 Å². The Hall–Kier alpha value is -2.00. The minimum absolute atomic E-state index is 0.666. The summed E-state index contributed by atoms with van der Waals surface area (Å²) in [6, 6.07) is 13.6. The molecule has 2 aromatic rings. The van der Waals surface area contributed by atoms with Crippen LogP contribution in [-0.4, -0.2) is 13.7 Å². The number of ether oxygens (including phenoxy) is 2. The molecule has 3 heteroatoms. The van der Waals surface area contributed by atoms with Crippen molar-refractivity contribution >= 4 is 0 Å². The predicted molar refractivity (Wildman–Crippen MR) is 77.0 cm³/mol. The van der Waals surface area contributed by atoms with Crippen molar-refractivity contribution in [2.24, 2.45) is 5.73 Å². The Morgan fingerprint density at radius 3 is 2.16 bits per heavy atom. The van der Waals surface area contributed by atoms with Crippen molar-refractivity contribution in [3.05, 3.63) is 53.6 Å². The molecular formula is C16H19NO2. The largest absolute Gasteiger partial charge is 0.497 e. The molecule has 2 N–H and O–H groups in total. The summed E-state index contributed by atoms with van der Waals surface area (Å²) < 4.78 is 10.9. The molecule has 0 spiro atoms. The van der Waals surface area contributed by atoms with E-state index in [0.29, 0.717) is 6.54 Å². The number of aryl methyl sites for hydroxylation is 1. The van der Waals surface area contributed by atoms with Crippen LogP contribution in [0.15, 0.2) is 42.5 Å². The summed E-state index contributed by atoms with van der Waals surface area (Å²) >= 11 is 0. The van der Waals surface area contributed by atoms with Crippen LogP contribution < -0.4 is 15.2 Å². The molecule has 19 heavy (non-hydrogen) atoms. The van der Waals surface area contributed by atoms with Crippen molar-refractivity contribution in [1.29, 1.82) is 0 Å². The number of hydrogen-bond donors (Lipinski definition) is 1. The molecule has 0 aliphatic heterocycles. The second kappa shape index (κ2) is 6.25. The standard InChI is InChI=1S/C16H19NO2/c1-12-11-16(4-3-13(12)9-10-17)19-15-7-5-14(18-2)6-8-15/h3-8,11H,9-10,17H2,1-2H3. The minimum Gasteiger partial charge on any atom is -0.497 e. The topological polar surface area (TPSA) is 44.5 Å². The summed E-state index contributed by atoms with van der Waals surface area (Å²) in [6.45, 7) is 2.74. The summed E-state index contributed by atoms with van der Waals surface area (Å²) in [5.41, 5.74) is 8.05. The number of rotatable bonds is 5. The fraction of sp³-hybridized carbons (Fsp3) is 0.250. The van der Waals surface area contributed by atoms with Gasteiger partial charge in [0.2, 0.25) is 0 Å². The molecule has 3 nitrogen and oxygen atoms in total. The predicted octanol–water partition coefficient (Wildman–Crippen LogP) is 3.30. The van der Waals surface area contributed by atoms with E-state index in [-0.39, 0.29) is 0 Å². The Labute approximate surface area is 114 Å². The molecular weight excluding hydrogens is 238 g/mol. The molecule has 0 unspecified atom stereocenters. The van der Waals surface area contributed by atoms with Gasteiger partial charge in [-0.1, -0.05) is 6.07 Å². The SMILES string of the molecule is COc1ccc(Oc2ccc(CCN)c(C)c2)cc1. The van der Waals surface area contributed by atoms with Gasteiger partial charge in [0.25, 0.3) is 0 Å². The van der Waals surface area contributed by atoms with Gasteiger partial charge in [0.05, 0.1) is 7.11 Å². The van der Waals surface area contributed by atoms with Gasteiger partial charge >= 0.3 is 0 Å². The molecule has 0 aliphatic carbocycles. The van der Waals surface area contributed by atoms with Crippen molar-refractivity contribution in [3.8, 4) is 17.2 Å². The monoisotopic (exact) mass is 257 g/mol. The molecule has 2 rings (SSSR count). The van der Waals surface area contributed by atoms with E-state index in [1.54, 1.807) is 7.11 Å². The van der Waals surface area contributed by atoms with Crippen molar-refractivity contribution in [2.75, 3.05) is 13.7 Å². The Kier molecular flexibility index (Phi) is 4.42. The first-order valence-electron chi connectivity index (χ1n) is 6.34. The van der Waals surface area contributed by atoms with Crippen molar-refractivity contribution in [3.63, 3.8) is 0 Å². The van der Waals surface area contributed by atoms with Gasteiger partial charge in [0.1, 0.15) is 17.2 Å². The summed E-state index contributed by atoms with van der Waals surface area (Å²) in [7, 11) is 1.65. The van der Waals surface area contributed by atoms with Crippen LogP contribution in [-0.2, 0) is 6.42 Å². The van der Waals surface area contributed by atoms with E-state index in [9.17, 15) is 0 Å². The Bertz CT molecular complexity index is 535. The number of nitrogens with two attached hydrogens (primary N) is 1. The third kappa shape index (κ3) is 3.48. The van der Waals surface area contributed by atoms with Crippen molar-refractivity contribution < 1.29 is 9.47 Å². The van der Waals surface area contributed by atoms with Crippen LogP contribution in [0.5, 0.6) is 17.2 Å². The van der Waals surface area contributed by atoms with Crippen LogP contribution in [0.2, 0.25) is 0 Å². The summed E-state index contributed by atoms with van der Waals surface area (Å²) in [5.74, 6) is 2.46. The van der Waals surface area contributed by atoms with Gasteiger partial charge in [-0.2, -0.15) is 0 Å². The molecule has 100 valence electrons. The maximum Gasteiger partial charge on any atom is 0.127 e. The molecule has 0 radical (unpaired) electrons. The van der Waals surface area contributed by atoms with Gasteiger partial charge in [-0.25, -0.2) is 0 Å². The number of benzene rings is 2. The minimum atomic E-state index is 0.666. The van der Waals surface area contributed by atoms with E-state index in [4.69, 9.17) is 15.2 Å². The maximum absolute atomic E-state index is 5.81. The van der Waals surface area contributed by atoms with Crippen molar-refractivity contribution in [1.82, 2.24) is 0 Å². The quantitative estimate of drug-likeness (QED) is 0.893. The molecule has 0 saturated heterocycles. The first-order chi connectivity index (χ1) is 9.22. The van der Waals surface area contributed by atoms with Gasteiger partial charge in [0, 0.05) is 0 Å². The molecule has 0 saturated carbocycles. The van der Waals surface area contributed by atoms with Gasteiger partial charge in [-0.05, 0) is 67.4 Å². The molecule has 0 amide bonds. The normalized spacial score (nSPS) is 10.3. The number of hydrogen-bond acceptors (Lipinski definition) is 3. The number of methoxy groups -OCH3 is 1. The highest BCUT2D eigenvalue weighted by Crippen LogP contribution is 2.25. The summed E-state index contributed by atoms with van der Waals surface area (Å²) in [5, 5.41) is 0. The van der Waals surface area contributed by atoms with Crippen LogP contribution >= 0.6 is 0 Å². The van der Waals surface area contributed by atoms with E-state index >= 15 is 0 Å². The Morgan fingerprint density at radius 2 is 1.58 bits per heavy atom. The third-order valence-corrected chi connectivity index (χ3v) is 3.02. The Morgan fingerprint density at radius 1 is 0.947 bits per heavy atom. The van der Waals surface area contributed by atoms with E-state index in [1.807, 2.05) is 36.4 Å². The van der Waals surface area contributed by atoms with E-state index in [2.05, 4.69) is 13.0 Å². The maximum atomic E-state index is 5.81. The zero-order chi connectivity index (χ0) is 13.7. The zero-order valence-corrected chi connectivity index (χ0v) is 11.3. The molecule has 2 aromatic carbocycles. The average Bonchev–Trinajstić information content (AvgIpc) is 2.43. The lowest BCUT2D eigenvalue weighted by Crippen LogP contribution is -2.04. The summed E-state index contributed by atoms with van der Waals surface area (Å²) in [4.78, 5) is 0. The highest BCUT2D eigenvalue weighted by molar-refractivity contribution is 5.39. The fourth-order valence-corrected chi connectivity index (χ4v) is 1.95. The molecule has 0 atom stereocenters. The van der Waals surface area contributed by atoms with Crippen LogP contribution in [0.1, 0.15) is 11.1 Å². The van der Waals surface area contributed by atoms with Gasteiger partial charge in [0.15, 0.2) is 0 Å². The molecule has 0 heterocycles. The van der Waals surface area contributed by atoms with Gasteiger partial charge in [-0.3, -0.25) is 0 Å². The van der Waals surface area contributed by atoms with E-state index < -0.39 is 0 Å². The van der Waals surface area contributed by atoms with Gasteiger partial charge in [-0.15, -0.1) is 0 Å². The second-order valence-electron chi connectivity index (χ2n) is 4.40. The van der Waals surface area contributed by atoms with Crippen LogP contribution in [0.3, 0.4) is 0 Å². The zero-order valence-electron chi connectivity index (χ0n) is 11.3. The van der Waals surface area contributed by atoms with Crippen LogP contribution in [0.4, 0.5) is 0 Å². The lowest BCUT2D eigenvalue weighted by atomic mass is 10.1. The second-order valence-corrected chi connectivity index (χ2v) is 4.40. The first-order valence-corrected chi connectivity index (χ1v) is 6.34. The van der Waals surface area contributed by atoms with Crippen LogP contribution in [0.25, 0.3) is 0 Å². The van der Waals surface area contributed by atoms with Gasteiger partial charge < -0.3 is 15.2 Å². The smallest absolute Gasteiger partial charge is 0.127 e. The first kappa shape index (κ1) is 13.4. The molecule has 0 aromatic heterocycles. The molecule has 0 aliphatic rings. The van der Waals surface area contributed by atoms with Crippen molar-refractivity contribution in [2.45, 2.75) is 13.3 Å². The lowest BCUT2D eigenvalue weighted by molar-refractivity contribution is 0.413. The van der Waals surface area contributed by atoms with E-state index in [1.165, 1.54) is 11.1 Å². The molecule has 0 bridgehead atoms. The Balaban J connectivity index is 2.11. The fourth-order valence-electron chi connectivity index (χ4n) is 1.95. The lowest BCUT2D eigenvalue weighted by Gasteiger charge is -2.10. The van der Waals surface area contributed by atoms with E-state index in [0.717, 1.165) is 23.7 Å². The highest BCUT2D eigenvalue weighted by Gasteiger charge is 2.02.